The van der Waals surface area contributed by atoms with E-state index in [9.17, 15) is 4.79 Å². The molecule has 0 saturated heterocycles. The highest BCUT2D eigenvalue weighted by atomic mass is 16.3. The van der Waals surface area contributed by atoms with Crippen LogP contribution in [-0.4, -0.2) is 4.57 Å². The van der Waals surface area contributed by atoms with E-state index in [-0.39, 0.29) is 5.56 Å². The SMILES string of the molecule is Cn1c(=O)ccc2c3cc(C#N)ccc3oc21. The van der Waals surface area contributed by atoms with Crippen molar-refractivity contribution in [3.05, 3.63) is 46.2 Å². The van der Waals surface area contributed by atoms with E-state index in [0.29, 0.717) is 16.9 Å². The third-order valence-electron chi connectivity index (χ3n) is 2.86. The summed E-state index contributed by atoms with van der Waals surface area (Å²) in [5.74, 6) is 0. The number of rotatable bonds is 0. The van der Waals surface area contributed by atoms with Gasteiger partial charge in [-0.3, -0.25) is 9.36 Å². The van der Waals surface area contributed by atoms with Crippen LogP contribution in [0.25, 0.3) is 22.1 Å². The summed E-state index contributed by atoms with van der Waals surface area (Å²) in [5, 5.41) is 10.6. The zero-order valence-corrected chi connectivity index (χ0v) is 9.10. The molecule has 3 aromatic rings. The second-order valence-electron chi connectivity index (χ2n) is 3.87. The average Bonchev–Trinajstić information content (AvgIpc) is 2.72. The first kappa shape index (κ1) is 9.67. The molecule has 3 rings (SSSR count). The Hall–Kier alpha value is -2.54. The molecule has 4 heteroatoms. The van der Waals surface area contributed by atoms with E-state index >= 15 is 0 Å². The predicted molar refractivity (Wildman–Crippen MR) is 63.7 cm³/mol. The van der Waals surface area contributed by atoms with Crippen molar-refractivity contribution in [3.63, 3.8) is 0 Å². The lowest BCUT2D eigenvalue weighted by Crippen LogP contribution is -2.14. The Kier molecular flexibility index (Phi) is 1.83. The van der Waals surface area contributed by atoms with Gasteiger partial charge in [0, 0.05) is 23.9 Å². The lowest BCUT2D eigenvalue weighted by atomic mass is 10.1. The number of aromatic nitrogens is 1. The molecule has 4 nitrogen and oxygen atoms in total. The highest BCUT2D eigenvalue weighted by molar-refractivity contribution is 6.04. The number of nitrogens with zero attached hydrogens (tertiary/aromatic N) is 2. The van der Waals surface area contributed by atoms with Crippen LogP contribution in [0.15, 0.2) is 39.5 Å². The average molecular weight is 224 g/mol. The molecule has 0 aliphatic rings. The molecule has 0 fully saturated rings. The molecule has 82 valence electrons. The van der Waals surface area contributed by atoms with Gasteiger partial charge in [0.05, 0.1) is 11.6 Å². The molecule has 0 amide bonds. The zero-order valence-electron chi connectivity index (χ0n) is 9.10. The Bertz CT molecular complexity index is 834. The summed E-state index contributed by atoms with van der Waals surface area (Å²) in [6, 6.07) is 10.5. The van der Waals surface area contributed by atoms with Crippen LogP contribution in [0, 0.1) is 11.3 Å². The molecule has 0 bridgehead atoms. The maximum atomic E-state index is 11.5. The van der Waals surface area contributed by atoms with Gasteiger partial charge in [-0.05, 0) is 24.3 Å². The number of benzene rings is 1. The van der Waals surface area contributed by atoms with Crippen LogP contribution >= 0.6 is 0 Å². The Morgan fingerprint density at radius 2 is 2.06 bits per heavy atom. The van der Waals surface area contributed by atoms with Gasteiger partial charge in [0.1, 0.15) is 5.58 Å². The molecule has 0 spiro atoms. The smallest absolute Gasteiger partial charge is 0.253 e. The van der Waals surface area contributed by atoms with Crippen molar-refractivity contribution in [2.75, 3.05) is 0 Å². The first-order valence-electron chi connectivity index (χ1n) is 5.13. The van der Waals surface area contributed by atoms with E-state index in [1.54, 1.807) is 31.3 Å². The van der Waals surface area contributed by atoms with Crippen molar-refractivity contribution in [1.82, 2.24) is 4.57 Å². The fourth-order valence-electron chi connectivity index (χ4n) is 1.95. The van der Waals surface area contributed by atoms with Gasteiger partial charge in [-0.15, -0.1) is 0 Å². The Morgan fingerprint density at radius 3 is 2.82 bits per heavy atom. The van der Waals surface area contributed by atoms with Crippen LogP contribution in [0.2, 0.25) is 0 Å². The van der Waals surface area contributed by atoms with Crippen LogP contribution in [0.4, 0.5) is 0 Å². The second kappa shape index (κ2) is 3.22. The topological polar surface area (TPSA) is 58.9 Å². The van der Waals surface area contributed by atoms with Crippen LogP contribution in [0.3, 0.4) is 0 Å². The molecule has 0 aliphatic carbocycles. The van der Waals surface area contributed by atoms with Crippen LogP contribution in [0.1, 0.15) is 5.56 Å². The summed E-state index contributed by atoms with van der Waals surface area (Å²) in [5.41, 5.74) is 1.67. The zero-order chi connectivity index (χ0) is 12.0. The number of fused-ring (bicyclic) bond motifs is 3. The Labute approximate surface area is 96.3 Å². The minimum Gasteiger partial charge on any atom is -0.439 e. The number of aryl methyl sites for hydroxylation is 1. The summed E-state index contributed by atoms with van der Waals surface area (Å²) >= 11 is 0. The molecule has 0 unspecified atom stereocenters. The number of furan rings is 1. The summed E-state index contributed by atoms with van der Waals surface area (Å²) in [7, 11) is 1.66. The van der Waals surface area contributed by atoms with Crippen molar-refractivity contribution in [3.8, 4) is 6.07 Å². The molecule has 0 radical (unpaired) electrons. The maximum Gasteiger partial charge on any atom is 0.253 e. The molecule has 2 aromatic heterocycles. The summed E-state index contributed by atoms with van der Waals surface area (Å²) in [6.45, 7) is 0. The van der Waals surface area contributed by atoms with Crippen molar-refractivity contribution < 1.29 is 4.42 Å². The maximum absolute atomic E-state index is 11.5. The van der Waals surface area contributed by atoms with Gasteiger partial charge in [0.25, 0.3) is 5.56 Å². The fourth-order valence-corrected chi connectivity index (χ4v) is 1.95. The lowest BCUT2D eigenvalue weighted by molar-refractivity contribution is 0.621. The van der Waals surface area contributed by atoms with Gasteiger partial charge >= 0.3 is 0 Å². The number of nitriles is 1. The molecular weight excluding hydrogens is 216 g/mol. The van der Waals surface area contributed by atoms with E-state index in [1.165, 1.54) is 10.6 Å². The van der Waals surface area contributed by atoms with Crippen LogP contribution in [0.5, 0.6) is 0 Å². The number of hydrogen-bond acceptors (Lipinski definition) is 3. The first-order chi connectivity index (χ1) is 8.20. The molecule has 0 aliphatic heterocycles. The van der Waals surface area contributed by atoms with Gasteiger partial charge in [0.2, 0.25) is 5.71 Å². The number of hydrogen-bond donors (Lipinski definition) is 0. The van der Waals surface area contributed by atoms with Crippen LogP contribution in [-0.2, 0) is 7.05 Å². The summed E-state index contributed by atoms with van der Waals surface area (Å²) in [6.07, 6.45) is 0. The van der Waals surface area contributed by atoms with Gasteiger partial charge in [-0.2, -0.15) is 5.26 Å². The van der Waals surface area contributed by atoms with E-state index < -0.39 is 0 Å². The van der Waals surface area contributed by atoms with Crippen molar-refractivity contribution in [1.29, 1.82) is 5.26 Å². The third-order valence-corrected chi connectivity index (χ3v) is 2.86. The minimum absolute atomic E-state index is 0.114. The molecule has 2 heterocycles. The summed E-state index contributed by atoms with van der Waals surface area (Å²) < 4.78 is 7.08. The summed E-state index contributed by atoms with van der Waals surface area (Å²) in [4.78, 5) is 11.5. The lowest BCUT2D eigenvalue weighted by Gasteiger charge is -1.95. The van der Waals surface area contributed by atoms with Gasteiger partial charge in [-0.25, -0.2) is 0 Å². The molecule has 17 heavy (non-hydrogen) atoms. The molecule has 0 saturated carbocycles. The van der Waals surface area contributed by atoms with Crippen LogP contribution < -0.4 is 5.56 Å². The van der Waals surface area contributed by atoms with Gasteiger partial charge in [-0.1, -0.05) is 0 Å². The largest absolute Gasteiger partial charge is 0.439 e. The van der Waals surface area contributed by atoms with Gasteiger partial charge in [0.15, 0.2) is 0 Å². The second-order valence-corrected chi connectivity index (χ2v) is 3.87. The van der Waals surface area contributed by atoms with E-state index in [0.717, 1.165) is 10.8 Å². The minimum atomic E-state index is -0.114. The monoisotopic (exact) mass is 224 g/mol. The third kappa shape index (κ3) is 1.26. The van der Waals surface area contributed by atoms with Gasteiger partial charge < -0.3 is 4.42 Å². The quantitative estimate of drug-likeness (QED) is 0.587. The highest BCUT2D eigenvalue weighted by Gasteiger charge is 2.10. The Morgan fingerprint density at radius 1 is 1.24 bits per heavy atom. The van der Waals surface area contributed by atoms with Crippen molar-refractivity contribution >= 4 is 22.1 Å². The molecule has 0 N–H and O–H groups in total. The normalized spacial score (nSPS) is 10.8. The highest BCUT2D eigenvalue weighted by Crippen LogP contribution is 2.27. The molecule has 1 aromatic carbocycles. The van der Waals surface area contributed by atoms with E-state index in [4.69, 9.17) is 9.68 Å². The number of pyridine rings is 1. The first-order valence-corrected chi connectivity index (χ1v) is 5.13. The molecular formula is C13H8N2O2. The van der Waals surface area contributed by atoms with E-state index in [1.807, 2.05) is 0 Å². The van der Waals surface area contributed by atoms with Crippen molar-refractivity contribution in [2.24, 2.45) is 7.05 Å². The van der Waals surface area contributed by atoms with Crippen molar-refractivity contribution in [2.45, 2.75) is 0 Å². The Balaban J connectivity index is 2.56. The fraction of sp³-hybridized carbons (Fsp3) is 0.0769. The molecule has 0 atom stereocenters. The van der Waals surface area contributed by atoms with E-state index in [2.05, 4.69) is 6.07 Å². The standard InChI is InChI=1S/C13H8N2O2/c1-15-12(16)5-3-9-10-6-8(7-14)2-4-11(10)17-13(9)15/h2-6H,1H3. The predicted octanol–water partition coefficient (Wildman–Crippen LogP) is 2.16.